The van der Waals surface area contributed by atoms with Crippen LogP contribution in [0.25, 0.3) is 0 Å². The molecule has 0 bridgehead atoms. The van der Waals surface area contributed by atoms with Gasteiger partial charge in [-0.15, -0.1) is 0 Å². The first-order valence-corrected chi connectivity index (χ1v) is 8.02. The summed E-state index contributed by atoms with van der Waals surface area (Å²) in [5.41, 5.74) is 0.557. The van der Waals surface area contributed by atoms with Crippen molar-refractivity contribution in [2.24, 2.45) is 0 Å². The van der Waals surface area contributed by atoms with Crippen molar-refractivity contribution in [1.82, 2.24) is 0 Å². The number of aliphatic hydroxyl groups excluding tert-OH is 1. The number of aliphatic hydroxyl groups is 1. The van der Waals surface area contributed by atoms with Crippen LogP contribution in [0.3, 0.4) is 0 Å². The molecule has 0 spiro atoms. The van der Waals surface area contributed by atoms with Crippen LogP contribution in [0.1, 0.15) is 20.7 Å². The Bertz CT molecular complexity index is 751. The van der Waals surface area contributed by atoms with Crippen LogP contribution >= 0.6 is 0 Å². The molecule has 4 atom stereocenters. The molecule has 1 saturated heterocycles. The van der Waals surface area contributed by atoms with Crippen LogP contribution in [0.2, 0.25) is 0 Å². The van der Waals surface area contributed by atoms with E-state index in [0.29, 0.717) is 5.56 Å². The van der Waals surface area contributed by atoms with E-state index < -0.39 is 36.6 Å². The maximum atomic E-state index is 14.2. The van der Waals surface area contributed by atoms with Crippen molar-refractivity contribution in [1.29, 1.82) is 0 Å². The van der Waals surface area contributed by atoms with Gasteiger partial charge in [-0.25, -0.2) is 14.0 Å². The van der Waals surface area contributed by atoms with Crippen LogP contribution in [-0.4, -0.2) is 48.3 Å². The number of benzene rings is 2. The molecule has 0 radical (unpaired) electrons. The summed E-state index contributed by atoms with van der Waals surface area (Å²) in [6.45, 7) is -0.363. The Morgan fingerprint density at radius 2 is 1.50 bits per heavy atom. The Labute approximate surface area is 149 Å². The standard InChI is InChI=1S/C19H17FO6/c20-15-16(26-18(22)13-9-5-2-6-10-13)14(25-19(15)23)11-24-17(21)12-7-3-1-4-8-12/h1-10,14-16,19,23H,11H2/t14-,15-,16+,19+/m0/s1. The molecule has 1 N–H and O–H groups in total. The van der Waals surface area contributed by atoms with Gasteiger partial charge in [-0.2, -0.15) is 0 Å². The van der Waals surface area contributed by atoms with Gasteiger partial charge in [0.25, 0.3) is 0 Å². The van der Waals surface area contributed by atoms with Crippen LogP contribution in [0.15, 0.2) is 60.7 Å². The molecule has 136 valence electrons. The smallest absolute Gasteiger partial charge is 0.338 e. The minimum atomic E-state index is -1.94. The number of esters is 2. The molecule has 0 aliphatic carbocycles. The third-order valence-electron chi connectivity index (χ3n) is 3.91. The predicted octanol–water partition coefficient (Wildman–Crippen LogP) is 2.12. The second-order valence-corrected chi connectivity index (χ2v) is 5.71. The van der Waals surface area contributed by atoms with Gasteiger partial charge in [-0.1, -0.05) is 36.4 Å². The fourth-order valence-corrected chi connectivity index (χ4v) is 2.56. The lowest BCUT2D eigenvalue weighted by Crippen LogP contribution is -2.37. The topological polar surface area (TPSA) is 82.1 Å². The molecule has 7 heteroatoms. The van der Waals surface area contributed by atoms with E-state index in [9.17, 15) is 19.1 Å². The lowest BCUT2D eigenvalue weighted by molar-refractivity contribution is -0.122. The fourth-order valence-electron chi connectivity index (χ4n) is 2.56. The molecule has 0 aromatic heterocycles. The molecule has 0 saturated carbocycles. The van der Waals surface area contributed by atoms with Crippen molar-refractivity contribution >= 4 is 11.9 Å². The zero-order valence-electron chi connectivity index (χ0n) is 13.7. The van der Waals surface area contributed by atoms with Gasteiger partial charge in [0.2, 0.25) is 0 Å². The van der Waals surface area contributed by atoms with Crippen molar-refractivity contribution < 1.29 is 33.3 Å². The Hall–Kier alpha value is -2.77. The van der Waals surface area contributed by atoms with Crippen molar-refractivity contribution in [2.75, 3.05) is 6.61 Å². The molecule has 3 rings (SSSR count). The summed E-state index contributed by atoms with van der Waals surface area (Å²) in [7, 11) is 0. The van der Waals surface area contributed by atoms with Crippen molar-refractivity contribution in [3.63, 3.8) is 0 Å². The molecule has 6 nitrogen and oxygen atoms in total. The lowest BCUT2D eigenvalue weighted by atomic mass is 10.1. The average Bonchev–Trinajstić information content (AvgIpc) is 2.95. The van der Waals surface area contributed by atoms with Gasteiger partial charge >= 0.3 is 11.9 Å². The Kier molecular flexibility index (Phi) is 5.60. The molecule has 1 heterocycles. The SMILES string of the molecule is O=C(OC[C@@H]1O[C@@H](O)[C@@H](F)[C@@H]1OC(=O)c1ccccc1)c1ccccc1. The first-order chi connectivity index (χ1) is 12.6. The number of ether oxygens (including phenoxy) is 3. The number of carbonyl (C=O) groups excluding carboxylic acids is 2. The average molecular weight is 360 g/mol. The van der Waals surface area contributed by atoms with E-state index >= 15 is 0 Å². The van der Waals surface area contributed by atoms with E-state index in [1.54, 1.807) is 48.5 Å². The number of halogens is 1. The second-order valence-electron chi connectivity index (χ2n) is 5.71. The van der Waals surface area contributed by atoms with Gasteiger partial charge in [-0.05, 0) is 24.3 Å². The molecule has 0 unspecified atom stereocenters. The molecule has 1 aliphatic rings. The summed E-state index contributed by atoms with van der Waals surface area (Å²) in [4.78, 5) is 24.1. The second kappa shape index (κ2) is 8.07. The van der Waals surface area contributed by atoms with Crippen LogP contribution in [0, 0.1) is 0 Å². The number of hydrogen-bond donors (Lipinski definition) is 1. The maximum absolute atomic E-state index is 14.2. The van der Waals surface area contributed by atoms with Crippen LogP contribution < -0.4 is 0 Å². The highest BCUT2D eigenvalue weighted by Crippen LogP contribution is 2.26. The van der Waals surface area contributed by atoms with Crippen LogP contribution in [0.4, 0.5) is 4.39 Å². The predicted molar refractivity (Wildman–Crippen MR) is 88.1 cm³/mol. The number of hydrogen-bond acceptors (Lipinski definition) is 6. The third kappa shape index (κ3) is 4.07. The van der Waals surface area contributed by atoms with Crippen molar-refractivity contribution in [2.45, 2.75) is 24.7 Å². The summed E-state index contributed by atoms with van der Waals surface area (Å²) in [6, 6.07) is 16.3. The first kappa shape index (κ1) is 18.0. The van der Waals surface area contributed by atoms with E-state index in [-0.39, 0.29) is 12.2 Å². The number of carbonyl (C=O) groups is 2. The van der Waals surface area contributed by atoms with E-state index in [4.69, 9.17) is 14.2 Å². The van der Waals surface area contributed by atoms with Gasteiger partial charge in [0.15, 0.2) is 18.6 Å². The Morgan fingerprint density at radius 3 is 2.08 bits per heavy atom. The first-order valence-electron chi connectivity index (χ1n) is 8.02. The van der Waals surface area contributed by atoms with E-state index in [1.807, 2.05) is 0 Å². The minimum absolute atomic E-state index is 0.237. The molecule has 1 aliphatic heterocycles. The quantitative estimate of drug-likeness (QED) is 0.823. The monoisotopic (exact) mass is 360 g/mol. The Morgan fingerprint density at radius 1 is 0.962 bits per heavy atom. The van der Waals surface area contributed by atoms with Crippen molar-refractivity contribution in [3.8, 4) is 0 Å². The molecule has 2 aromatic rings. The van der Waals surface area contributed by atoms with Gasteiger partial charge in [0.05, 0.1) is 11.1 Å². The summed E-state index contributed by atoms with van der Waals surface area (Å²) < 4.78 is 29.4. The van der Waals surface area contributed by atoms with E-state index in [0.717, 1.165) is 0 Å². The van der Waals surface area contributed by atoms with Crippen molar-refractivity contribution in [3.05, 3.63) is 71.8 Å². The van der Waals surface area contributed by atoms with Crippen LogP contribution in [0.5, 0.6) is 0 Å². The largest absolute Gasteiger partial charge is 0.459 e. The number of rotatable bonds is 5. The summed E-state index contributed by atoms with van der Waals surface area (Å²) >= 11 is 0. The van der Waals surface area contributed by atoms with Gasteiger partial charge in [-0.3, -0.25) is 0 Å². The van der Waals surface area contributed by atoms with Gasteiger partial charge < -0.3 is 19.3 Å². The van der Waals surface area contributed by atoms with Gasteiger partial charge in [0, 0.05) is 0 Å². The van der Waals surface area contributed by atoms with E-state index in [2.05, 4.69) is 0 Å². The highest BCUT2D eigenvalue weighted by Gasteiger charge is 2.47. The zero-order valence-corrected chi connectivity index (χ0v) is 13.7. The summed E-state index contributed by atoms with van der Waals surface area (Å²) in [5, 5.41) is 9.58. The summed E-state index contributed by atoms with van der Waals surface area (Å²) in [5.74, 6) is -1.38. The molecule has 2 aromatic carbocycles. The lowest BCUT2D eigenvalue weighted by Gasteiger charge is -2.19. The highest BCUT2D eigenvalue weighted by atomic mass is 19.1. The molecule has 26 heavy (non-hydrogen) atoms. The van der Waals surface area contributed by atoms with Crippen LogP contribution in [-0.2, 0) is 14.2 Å². The van der Waals surface area contributed by atoms with Gasteiger partial charge in [0.1, 0.15) is 12.7 Å². The molecular weight excluding hydrogens is 343 g/mol. The molecule has 1 fully saturated rings. The Balaban J connectivity index is 1.63. The highest BCUT2D eigenvalue weighted by molar-refractivity contribution is 5.90. The number of alkyl halides is 1. The third-order valence-corrected chi connectivity index (χ3v) is 3.91. The van der Waals surface area contributed by atoms with E-state index in [1.165, 1.54) is 12.1 Å². The maximum Gasteiger partial charge on any atom is 0.338 e. The zero-order chi connectivity index (χ0) is 18.5. The summed E-state index contributed by atoms with van der Waals surface area (Å²) in [6.07, 6.45) is -6.20. The molecular formula is C19H17FO6. The molecule has 0 amide bonds. The minimum Gasteiger partial charge on any atom is -0.459 e. The fraction of sp³-hybridized carbons (Fsp3) is 0.263. The normalized spacial score (nSPS) is 24.8.